The number of carbonyl (C=O) groups excluding carboxylic acids is 1. The Kier molecular flexibility index (Phi) is 4.73. The molecule has 114 valence electrons. The minimum Gasteiger partial charge on any atom is -0.290 e. The molecular weight excluding hydrogens is 308 g/mol. The van der Waals surface area contributed by atoms with Gasteiger partial charge in [0, 0.05) is 6.54 Å². The Balaban J connectivity index is 2.35. The molecular formula is C14H18N2O3S2. The predicted octanol–water partition coefficient (Wildman–Crippen LogP) is 2.28. The topological polar surface area (TPSA) is 66.8 Å². The van der Waals surface area contributed by atoms with E-state index in [9.17, 15) is 13.2 Å². The van der Waals surface area contributed by atoms with E-state index in [1.807, 2.05) is 6.92 Å². The maximum Gasteiger partial charge on any atom is 0.284 e. The van der Waals surface area contributed by atoms with Crippen molar-refractivity contribution in [2.75, 3.05) is 6.54 Å². The average Bonchev–Trinajstić information content (AvgIpc) is 2.72. The van der Waals surface area contributed by atoms with E-state index in [0.717, 1.165) is 12.0 Å². The molecule has 1 aromatic rings. The molecule has 1 aliphatic rings. The van der Waals surface area contributed by atoms with E-state index in [4.69, 9.17) is 0 Å². The number of sulfonamides is 1. The molecule has 1 heterocycles. The van der Waals surface area contributed by atoms with E-state index in [1.165, 1.54) is 16.7 Å². The number of thioether (sulfide) groups is 1. The van der Waals surface area contributed by atoms with Gasteiger partial charge in [-0.25, -0.2) is 0 Å². The first-order chi connectivity index (χ1) is 9.89. The molecule has 0 bridgehead atoms. The molecule has 0 N–H and O–H groups in total. The maximum absolute atomic E-state index is 12.3. The van der Waals surface area contributed by atoms with Crippen molar-refractivity contribution in [1.82, 2.24) is 4.90 Å². The molecule has 0 saturated carbocycles. The molecule has 5 nitrogen and oxygen atoms in total. The fraction of sp³-hybridized carbons (Fsp3) is 0.429. The summed E-state index contributed by atoms with van der Waals surface area (Å²) in [7, 11) is -3.79. The van der Waals surface area contributed by atoms with E-state index in [-0.39, 0.29) is 21.2 Å². The Morgan fingerprint density at radius 3 is 2.38 bits per heavy atom. The summed E-state index contributed by atoms with van der Waals surface area (Å²) < 4.78 is 28.5. The van der Waals surface area contributed by atoms with Crippen LogP contribution in [0.15, 0.2) is 33.6 Å². The number of amidine groups is 1. The molecule has 1 atom stereocenters. The number of carbonyl (C=O) groups is 1. The van der Waals surface area contributed by atoms with Gasteiger partial charge in [-0.15, -0.1) is 4.40 Å². The fourth-order valence-corrected chi connectivity index (χ4v) is 4.25. The van der Waals surface area contributed by atoms with E-state index < -0.39 is 10.0 Å². The van der Waals surface area contributed by atoms with Crippen molar-refractivity contribution in [1.29, 1.82) is 0 Å². The second-order valence-electron chi connectivity index (χ2n) is 4.69. The molecule has 0 radical (unpaired) electrons. The van der Waals surface area contributed by atoms with Gasteiger partial charge in [-0.1, -0.05) is 30.8 Å². The van der Waals surface area contributed by atoms with Crippen LogP contribution in [0.25, 0.3) is 0 Å². The van der Waals surface area contributed by atoms with Crippen LogP contribution in [-0.4, -0.2) is 36.2 Å². The highest BCUT2D eigenvalue weighted by Gasteiger charge is 2.35. The monoisotopic (exact) mass is 326 g/mol. The van der Waals surface area contributed by atoms with Gasteiger partial charge in [0.05, 0.1) is 10.1 Å². The third-order valence-electron chi connectivity index (χ3n) is 3.27. The number of amides is 1. The summed E-state index contributed by atoms with van der Waals surface area (Å²) in [5, 5.41) is -0.0315. The minimum atomic E-state index is -3.79. The molecule has 1 aliphatic heterocycles. The van der Waals surface area contributed by atoms with Crippen LogP contribution in [0.2, 0.25) is 0 Å². The number of hydrogen-bond donors (Lipinski definition) is 0. The summed E-state index contributed by atoms with van der Waals surface area (Å²) >= 11 is 1.18. The molecule has 21 heavy (non-hydrogen) atoms. The number of hydrogen-bond acceptors (Lipinski definition) is 4. The third-order valence-corrected chi connectivity index (χ3v) is 5.75. The van der Waals surface area contributed by atoms with Crippen LogP contribution >= 0.6 is 11.8 Å². The molecule has 0 aliphatic carbocycles. The highest BCUT2D eigenvalue weighted by Crippen LogP contribution is 2.28. The van der Waals surface area contributed by atoms with Crippen LogP contribution in [0.1, 0.15) is 26.3 Å². The normalized spacial score (nSPS) is 21.3. The van der Waals surface area contributed by atoms with Gasteiger partial charge in [-0.05, 0) is 38.0 Å². The quantitative estimate of drug-likeness (QED) is 0.851. The number of aryl methyl sites for hydroxylation is 1. The summed E-state index contributed by atoms with van der Waals surface area (Å²) in [6.07, 6.45) is 0.848. The van der Waals surface area contributed by atoms with Gasteiger partial charge in [0.25, 0.3) is 10.0 Å². The number of benzene rings is 1. The zero-order valence-corrected chi connectivity index (χ0v) is 13.9. The lowest BCUT2D eigenvalue weighted by molar-refractivity contribution is -0.125. The highest BCUT2D eigenvalue weighted by molar-refractivity contribution is 8.16. The SMILES string of the molecule is CCc1ccc(S(=O)(=O)N=C2S[C@H](C)C(=O)N2CC)cc1. The van der Waals surface area contributed by atoms with Gasteiger partial charge in [-0.3, -0.25) is 9.69 Å². The van der Waals surface area contributed by atoms with Crippen LogP contribution in [0, 0.1) is 0 Å². The lowest BCUT2D eigenvalue weighted by Crippen LogP contribution is -2.31. The first kappa shape index (κ1) is 16.0. The summed E-state index contributed by atoms with van der Waals surface area (Å²) in [4.78, 5) is 13.4. The van der Waals surface area contributed by atoms with Crippen LogP contribution in [0.5, 0.6) is 0 Å². The Labute approximate surface area is 129 Å². The van der Waals surface area contributed by atoms with Crippen LogP contribution < -0.4 is 0 Å². The first-order valence-corrected chi connectivity index (χ1v) is 9.13. The van der Waals surface area contributed by atoms with Crippen molar-refractivity contribution >= 4 is 32.9 Å². The van der Waals surface area contributed by atoms with E-state index in [0.29, 0.717) is 6.54 Å². The Hall–Kier alpha value is -1.34. The van der Waals surface area contributed by atoms with Crippen molar-refractivity contribution in [3.8, 4) is 0 Å². The van der Waals surface area contributed by atoms with E-state index in [1.54, 1.807) is 38.1 Å². The van der Waals surface area contributed by atoms with Crippen molar-refractivity contribution in [3.05, 3.63) is 29.8 Å². The van der Waals surface area contributed by atoms with Gasteiger partial charge in [0.1, 0.15) is 0 Å². The van der Waals surface area contributed by atoms with Gasteiger partial charge in [0.2, 0.25) is 5.91 Å². The third kappa shape index (κ3) is 3.29. The number of rotatable bonds is 4. The molecule has 1 saturated heterocycles. The molecule has 1 aromatic carbocycles. The van der Waals surface area contributed by atoms with E-state index in [2.05, 4.69) is 4.40 Å². The lowest BCUT2D eigenvalue weighted by atomic mass is 10.2. The highest BCUT2D eigenvalue weighted by atomic mass is 32.2. The van der Waals surface area contributed by atoms with Crippen molar-refractivity contribution < 1.29 is 13.2 Å². The van der Waals surface area contributed by atoms with Gasteiger partial charge >= 0.3 is 0 Å². The molecule has 2 rings (SSSR count). The second kappa shape index (κ2) is 6.19. The molecule has 0 unspecified atom stereocenters. The molecule has 7 heteroatoms. The largest absolute Gasteiger partial charge is 0.290 e. The maximum atomic E-state index is 12.3. The minimum absolute atomic E-state index is 0.0993. The molecule has 1 fully saturated rings. The standard InChI is InChI=1S/C14H18N2O3S2/c1-4-11-6-8-12(9-7-11)21(18,19)15-14-16(5-2)13(17)10(3)20-14/h6-10H,4-5H2,1-3H3/t10-/m1/s1. The second-order valence-corrected chi connectivity index (χ2v) is 7.60. The molecule has 0 spiro atoms. The smallest absolute Gasteiger partial charge is 0.284 e. The van der Waals surface area contributed by atoms with Crippen LogP contribution in [0.4, 0.5) is 0 Å². The van der Waals surface area contributed by atoms with Crippen LogP contribution in [0.3, 0.4) is 0 Å². The van der Waals surface area contributed by atoms with E-state index >= 15 is 0 Å². The molecule has 0 aromatic heterocycles. The fourth-order valence-electron chi connectivity index (χ4n) is 2.00. The molecule has 1 amide bonds. The van der Waals surface area contributed by atoms with Crippen molar-refractivity contribution in [2.45, 2.75) is 37.3 Å². The zero-order valence-electron chi connectivity index (χ0n) is 12.2. The first-order valence-electron chi connectivity index (χ1n) is 6.81. The predicted molar refractivity (Wildman–Crippen MR) is 84.9 cm³/mol. The van der Waals surface area contributed by atoms with Gasteiger partial charge < -0.3 is 0 Å². The van der Waals surface area contributed by atoms with Gasteiger partial charge in [-0.2, -0.15) is 8.42 Å². The Bertz CT molecular complexity index is 666. The summed E-state index contributed by atoms with van der Waals surface area (Å²) in [6, 6.07) is 6.67. The summed E-state index contributed by atoms with van der Waals surface area (Å²) in [5.74, 6) is -0.0993. The summed E-state index contributed by atoms with van der Waals surface area (Å²) in [6.45, 7) is 5.97. The van der Waals surface area contributed by atoms with Gasteiger partial charge in [0.15, 0.2) is 5.17 Å². The van der Waals surface area contributed by atoms with Crippen molar-refractivity contribution in [2.24, 2.45) is 4.40 Å². The van der Waals surface area contributed by atoms with Crippen molar-refractivity contribution in [3.63, 3.8) is 0 Å². The number of nitrogens with zero attached hydrogens (tertiary/aromatic N) is 2. The van der Waals surface area contributed by atoms with Crippen LogP contribution in [-0.2, 0) is 21.2 Å². The Morgan fingerprint density at radius 1 is 1.24 bits per heavy atom. The zero-order chi connectivity index (χ0) is 15.6. The average molecular weight is 326 g/mol. The summed E-state index contributed by atoms with van der Waals surface area (Å²) in [5.41, 5.74) is 1.07. The lowest BCUT2D eigenvalue weighted by Gasteiger charge is -2.12. The Morgan fingerprint density at radius 2 is 1.86 bits per heavy atom.